The Labute approximate surface area is 112 Å². The molecule has 2 aromatic heterocycles. The zero-order valence-electron chi connectivity index (χ0n) is 11.7. The van der Waals surface area contributed by atoms with Gasteiger partial charge < -0.3 is 10.3 Å². The first-order valence-corrected chi connectivity index (χ1v) is 6.49. The van der Waals surface area contributed by atoms with Gasteiger partial charge in [0, 0.05) is 24.3 Å². The van der Waals surface area contributed by atoms with Crippen LogP contribution in [0.5, 0.6) is 0 Å². The van der Waals surface area contributed by atoms with Crippen LogP contribution >= 0.6 is 0 Å². The van der Waals surface area contributed by atoms with E-state index in [9.17, 15) is 4.79 Å². The Hall–Kier alpha value is -1.88. The van der Waals surface area contributed by atoms with Gasteiger partial charge in [0.25, 0.3) is 5.56 Å². The molecule has 19 heavy (non-hydrogen) atoms. The first-order valence-electron chi connectivity index (χ1n) is 6.49. The van der Waals surface area contributed by atoms with Crippen molar-refractivity contribution in [1.82, 2.24) is 14.3 Å². The molecule has 5 heteroatoms. The fraction of sp³-hybridized carbons (Fsp3) is 0.429. The van der Waals surface area contributed by atoms with Gasteiger partial charge in [0.15, 0.2) is 0 Å². The van der Waals surface area contributed by atoms with Crippen molar-refractivity contribution in [3.8, 4) is 0 Å². The summed E-state index contributed by atoms with van der Waals surface area (Å²) in [6.45, 7) is 7.54. The molecule has 0 saturated carbocycles. The van der Waals surface area contributed by atoms with Gasteiger partial charge in [-0.15, -0.1) is 0 Å². The SMILES string of the molecule is CCn1nc(C)cc1Cn1c(C)ccc(CN)c1=O. The van der Waals surface area contributed by atoms with E-state index in [0.717, 1.165) is 23.6 Å². The lowest BCUT2D eigenvalue weighted by Crippen LogP contribution is -2.28. The zero-order valence-corrected chi connectivity index (χ0v) is 11.7. The molecular weight excluding hydrogens is 240 g/mol. The summed E-state index contributed by atoms with van der Waals surface area (Å²) in [5.41, 5.74) is 9.17. The van der Waals surface area contributed by atoms with Crippen LogP contribution in [0.1, 0.15) is 29.6 Å². The summed E-state index contributed by atoms with van der Waals surface area (Å²) in [6.07, 6.45) is 0. The van der Waals surface area contributed by atoms with Crippen molar-refractivity contribution in [2.75, 3.05) is 0 Å². The number of pyridine rings is 1. The number of rotatable bonds is 4. The highest BCUT2D eigenvalue weighted by Gasteiger charge is 2.09. The van der Waals surface area contributed by atoms with Crippen LogP contribution in [0.15, 0.2) is 23.0 Å². The molecule has 0 atom stereocenters. The molecule has 5 nitrogen and oxygen atoms in total. The van der Waals surface area contributed by atoms with Gasteiger partial charge in [-0.25, -0.2) is 0 Å². The molecule has 0 spiro atoms. The summed E-state index contributed by atoms with van der Waals surface area (Å²) in [5, 5.41) is 4.40. The maximum Gasteiger partial charge on any atom is 0.255 e. The fourth-order valence-corrected chi connectivity index (χ4v) is 2.23. The van der Waals surface area contributed by atoms with Crippen LogP contribution in [0, 0.1) is 13.8 Å². The monoisotopic (exact) mass is 260 g/mol. The van der Waals surface area contributed by atoms with Gasteiger partial charge in [0.05, 0.1) is 17.9 Å². The van der Waals surface area contributed by atoms with Gasteiger partial charge in [-0.1, -0.05) is 6.07 Å². The van der Waals surface area contributed by atoms with Crippen LogP contribution < -0.4 is 11.3 Å². The highest BCUT2D eigenvalue weighted by molar-refractivity contribution is 5.18. The Kier molecular flexibility index (Phi) is 3.85. The largest absolute Gasteiger partial charge is 0.326 e. The Bertz CT molecular complexity index is 639. The Balaban J connectivity index is 2.46. The van der Waals surface area contributed by atoms with Gasteiger partial charge in [0.2, 0.25) is 0 Å². The molecule has 2 rings (SSSR count). The minimum absolute atomic E-state index is 0.0102. The summed E-state index contributed by atoms with van der Waals surface area (Å²) < 4.78 is 3.68. The lowest BCUT2D eigenvalue weighted by atomic mass is 10.2. The second-order valence-corrected chi connectivity index (χ2v) is 4.69. The van der Waals surface area contributed by atoms with Gasteiger partial charge >= 0.3 is 0 Å². The molecule has 2 aromatic rings. The van der Waals surface area contributed by atoms with Crippen LogP contribution in [0.3, 0.4) is 0 Å². The van der Waals surface area contributed by atoms with Crippen molar-refractivity contribution in [3.05, 3.63) is 51.2 Å². The summed E-state index contributed by atoms with van der Waals surface area (Å²) in [6, 6.07) is 5.75. The number of hydrogen-bond acceptors (Lipinski definition) is 3. The molecule has 2 N–H and O–H groups in total. The van der Waals surface area contributed by atoms with E-state index in [0.29, 0.717) is 12.1 Å². The Morgan fingerprint density at radius 3 is 2.68 bits per heavy atom. The molecule has 0 aromatic carbocycles. The number of nitrogens with two attached hydrogens (primary N) is 1. The molecule has 0 radical (unpaired) electrons. The van der Waals surface area contributed by atoms with Crippen LogP contribution in [-0.4, -0.2) is 14.3 Å². The van der Waals surface area contributed by atoms with Gasteiger partial charge in [0.1, 0.15) is 0 Å². The predicted molar refractivity (Wildman–Crippen MR) is 75.1 cm³/mol. The first kappa shape index (κ1) is 13.5. The molecule has 0 fully saturated rings. The highest BCUT2D eigenvalue weighted by atomic mass is 16.1. The molecule has 0 aliphatic carbocycles. The van der Waals surface area contributed by atoms with Crippen LogP contribution in [-0.2, 0) is 19.6 Å². The van der Waals surface area contributed by atoms with E-state index >= 15 is 0 Å². The number of aromatic nitrogens is 3. The molecule has 0 aliphatic heterocycles. The lowest BCUT2D eigenvalue weighted by Gasteiger charge is -2.12. The third-order valence-electron chi connectivity index (χ3n) is 3.30. The molecule has 102 valence electrons. The molecule has 2 heterocycles. The van der Waals surface area contributed by atoms with Crippen molar-refractivity contribution < 1.29 is 0 Å². The molecule has 0 unspecified atom stereocenters. The van der Waals surface area contributed by atoms with Crippen molar-refractivity contribution >= 4 is 0 Å². The second-order valence-electron chi connectivity index (χ2n) is 4.69. The average Bonchev–Trinajstić information content (AvgIpc) is 2.75. The van der Waals surface area contributed by atoms with Gasteiger partial charge in [-0.05, 0) is 32.9 Å². The number of aryl methyl sites for hydroxylation is 3. The van der Waals surface area contributed by atoms with Crippen molar-refractivity contribution in [2.24, 2.45) is 5.73 Å². The maximum absolute atomic E-state index is 12.3. The van der Waals surface area contributed by atoms with Crippen molar-refractivity contribution in [1.29, 1.82) is 0 Å². The molecule has 0 aliphatic rings. The molecule has 0 amide bonds. The summed E-state index contributed by atoms with van der Waals surface area (Å²) in [5.74, 6) is 0. The normalized spacial score (nSPS) is 10.9. The Morgan fingerprint density at radius 1 is 1.32 bits per heavy atom. The van der Waals surface area contributed by atoms with Gasteiger partial charge in [-0.2, -0.15) is 5.10 Å². The van der Waals surface area contributed by atoms with E-state index in [1.54, 1.807) is 10.6 Å². The summed E-state index contributed by atoms with van der Waals surface area (Å²) in [4.78, 5) is 12.3. The zero-order chi connectivity index (χ0) is 14.0. The van der Waals surface area contributed by atoms with Crippen LogP contribution in [0.25, 0.3) is 0 Å². The molecule has 0 saturated heterocycles. The minimum Gasteiger partial charge on any atom is -0.326 e. The van der Waals surface area contributed by atoms with Gasteiger partial charge in [-0.3, -0.25) is 9.48 Å². The average molecular weight is 260 g/mol. The second kappa shape index (κ2) is 5.40. The Morgan fingerprint density at radius 2 is 2.05 bits per heavy atom. The summed E-state index contributed by atoms with van der Waals surface area (Å²) in [7, 11) is 0. The standard InChI is InChI=1S/C14H20N4O/c1-4-18-13(7-10(2)16-18)9-17-11(3)5-6-12(8-15)14(17)19/h5-7H,4,8-9,15H2,1-3H3. The maximum atomic E-state index is 12.3. The van der Waals surface area contributed by atoms with E-state index in [-0.39, 0.29) is 12.1 Å². The quantitative estimate of drug-likeness (QED) is 0.898. The smallest absolute Gasteiger partial charge is 0.255 e. The molecular formula is C14H20N4O. The van der Waals surface area contributed by atoms with E-state index in [2.05, 4.69) is 5.10 Å². The number of hydrogen-bond donors (Lipinski definition) is 1. The summed E-state index contributed by atoms with van der Waals surface area (Å²) >= 11 is 0. The van der Waals surface area contributed by atoms with Crippen LogP contribution in [0.2, 0.25) is 0 Å². The van der Waals surface area contributed by atoms with E-state index in [1.807, 2.05) is 37.6 Å². The topological polar surface area (TPSA) is 65.8 Å². The minimum atomic E-state index is -0.0102. The van der Waals surface area contributed by atoms with E-state index in [1.165, 1.54) is 0 Å². The van der Waals surface area contributed by atoms with E-state index < -0.39 is 0 Å². The predicted octanol–water partition coefficient (Wildman–Crippen LogP) is 1.19. The third-order valence-corrected chi connectivity index (χ3v) is 3.30. The highest BCUT2D eigenvalue weighted by Crippen LogP contribution is 2.07. The van der Waals surface area contributed by atoms with E-state index in [4.69, 9.17) is 5.73 Å². The first-order chi connectivity index (χ1) is 9.06. The number of nitrogens with zero attached hydrogens (tertiary/aromatic N) is 3. The van der Waals surface area contributed by atoms with Crippen LogP contribution in [0.4, 0.5) is 0 Å². The van der Waals surface area contributed by atoms with Crippen molar-refractivity contribution in [3.63, 3.8) is 0 Å². The van der Waals surface area contributed by atoms with Crippen molar-refractivity contribution in [2.45, 2.75) is 40.4 Å². The molecule has 0 bridgehead atoms. The lowest BCUT2D eigenvalue weighted by molar-refractivity contribution is 0.585. The fourth-order valence-electron chi connectivity index (χ4n) is 2.23. The third kappa shape index (κ3) is 2.61.